The van der Waals surface area contributed by atoms with Gasteiger partial charge < -0.3 is 0 Å². The molecular formula is C16H13BrF3NO2S. The summed E-state index contributed by atoms with van der Waals surface area (Å²) in [5.74, 6) is 0. The number of hydrogen-bond donors (Lipinski definition) is 0. The lowest BCUT2D eigenvalue weighted by atomic mass is 10.1. The molecule has 0 aromatic heterocycles. The van der Waals surface area contributed by atoms with E-state index < -0.39 is 28.3 Å². The Labute approximate surface area is 146 Å². The van der Waals surface area contributed by atoms with Crippen molar-refractivity contribution in [1.82, 2.24) is 4.31 Å². The molecule has 24 heavy (non-hydrogen) atoms. The second-order valence-electron chi connectivity index (χ2n) is 5.63. The van der Waals surface area contributed by atoms with Gasteiger partial charge in [-0.05, 0) is 36.8 Å². The average molecular weight is 420 g/mol. The van der Waals surface area contributed by atoms with Crippen molar-refractivity contribution in [3.63, 3.8) is 0 Å². The fourth-order valence-electron chi connectivity index (χ4n) is 2.65. The predicted octanol–water partition coefficient (Wildman–Crippen LogP) is 4.43. The minimum absolute atomic E-state index is 0.137. The van der Waals surface area contributed by atoms with Crippen LogP contribution in [0.1, 0.15) is 17.2 Å². The van der Waals surface area contributed by atoms with E-state index in [1.165, 1.54) is 24.3 Å². The first-order chi connectivity index (χ1) is 11.1. The number of aryl methyl sites for hydroxylation is 1. The molecule has 1 aliphatic heterocycles. The number of rotatable bonds is 3. The van der Waals surface area contributed by atoms with E-state index in [0.717, 1.165) is 5.56 Å². The van der Waals surface area contributed by atoms with Crippen LogP contribution in [0, 0.1) is 6.92 Å². The highest BCUT2D eigenvalue weighted by atomic mass is 79.9. The molecule has 128 valence electrons. The van der Waals surface area contributed by atoms with Gasteiger partial charge in [0.2, 0.25) is 10.0 Å². The van der Waals surface area contributed by atoms with E-state index in [1.54, 1.807) is 31.2 Å². The smallest absolute Gasteiger partial charge is 0.207 e. The predicted molar refractivity (Wildman–Crippen MR) is 86.9 cm³/mol. The van der Waals surface area contributed by atoms with E-state index in [1.807, 2.05) is 0 Å². The van der Waals surface area contributed by atoms with E-state index in [4.69, 9.17) is 0 Å². The maximum absolute atomic E-state index is 13.3. The summed E-state index contributed by atoms with van der Waals surface area (Å²) in [5, 5.41) is 0. The van der Waals surface area contributed by atoms with Crippen LogP contribution >= 0.6 is 15.9 Å². The molecular weight excluding hydrogens is 407 g/mol. The lowest BCUT2D eigenvalue weighted by Crippen LogP contribution is -2.24. The van der Waals surface area contributed by atoms with Crippen molar-refractivity contribution in [2.24, 2.45) is 0 Å². The van der Waals surface area contributed by atoms with Crippen LogP contribution in [-0.4, -0.2) is 24.9 Å². The molecule has 0 spiro atoms. The SMILES string of the molecule is Cc1ccc(S(=O)(=O)N2C(c3ccc(Br)cc3)C2C(F)(F)F)cc1. The van der Waals surface area contributed by atoms with Crippen LogP contribution in [0.3, 0.4) is 0 Å². The van der Waals surface area contributed by atoms with Crippen LogP contribution in [0.2, 0.25) is 0 Å². The lowest BCUT2D eigenvalue weighted by Gasteiger charge is -2.08. The Morgan fingerprint density at radius 3 is 2.04 bits per heavy atom. The summed E-state index contributed by atoms with van der Waals surface area (Å²) in [6, 6.07) is 8.70. The van der Waals surface area contributed by atoms with Crippen LogP contribution in [-0.2, 0) is 10.0 Å². The molecule has 0 amide bonds. The largest absolute Gasteiger partial charge is 0.407 e. The van der Waals surface area contributed by atoms with E-state index in [-0.39, 0.29) is 4.90 Å². The Balaban J connectivity index is 2.01. The van der Waals surface area contributed by atoms with Gasteiger partial charge in [0.15, 0.2) is 0 Å². The minimum Gasteiger partial charge on any atom is -0.207 e. The van der Waals surface area contributed by atoms with Gasteiger partial charge >= 0.3 is 6.18 Å². The van der Waals surface area contributed by atoms with E-state index in [2.05, 4.69) is 15.9 Å². The van der Waals surface area contributed by atoms with Crippen LogP contribution in [0.15, 0.2) is 57.9 Å². The number of nitrogens with zero attached hydrogens (tertiary/aromatic N) is 1. The molecule has 0 radical (unpaired) electrons. The van der Waals surface area contributed by atoms with Crippen LogP contribution in [0.25, 0.3) is 0 Å². The second kappa shape index (κ2) is 5.86. The Hall–Kier alpha value is -1.38. The van der Waals surface area contributed by atoms with Gasteiger partial charge in [-0.15, -0.1) is 0 Å². The Morgan fingerprint density at radius 1 is 1.00 bits per heavy atom. The Bertz CT molecular complexity index is 848. The van der Waals surface area contributed by atoms with Gasteiger partial charge in [0.25, 0.3) is 0 Å². The van der Waals surface area contributed by atoms with E-state index in [0.29, 0.717) is 14.3 Å². The molecule has 8 heteroatoms. The minimum atomic E-state index is -4.63. The number of sulfonamides is 1. The van der Waals surface area contributed by atoms with Crippen molar-refractivity contribution >= 4 is 26.0 Å². The van der Waals surface area contributed by atoms with E-state index >= 15 is 0 Å². The molecule has 3 unspecified atom stereocenters. The van der Waals surface area contributed by atoms with Crippen molar-refractivity contribution in [3.8, 4) is 0 Å². The van der Waals surface area contributed by atoms with Gasteiger partial charge in [-0.25, -0.2) is 8.42 Å². The van der Waals surface area contributed by atoms with Crippen molar-refractivity contribution in [3.05, 3.63) is 64.1 Å². The number of halogens is 4. The van der Waals surface area contributed by atoms with Crippen molar-refractivity contribution in [2.45, 2.75) is 30.1 Å². The number of hydrogen-bond acceptors (Lipinski definition) is 2. The summed E-state index contributed by atoms with van der Waals surface area (Å²) >= 11 is 3.21. The molecule has 0 aliphatic carbocycles. The molecule has 0 bridgehead atoms. The first-order valence-electron chi connectivity index (χ1n) is 7.05. The summed E-state index contributed by atoms with van der Waals surface area (Å²) in [7, 11) is -4.22. The fourth-order valence-corrected chi connectivity index (χ4v) is 4.66. The first-order valence-corrected chi connectivity index (χ1v) is 9.28. The van der Waals surface area contributed by atoms with Crippen LogP contribution in [0.5, 0.6) is 0 Å². The van der Waals surface area contributed by atoms with Crippen molar-refractivity contribution < 1.29 is 21.6 Å². The second-order valence-corrected chi connectivity index (χ2v) is 8.39. The summed E-state index contributed by atoms with van der Waals surface area (Å²) < 4.78 is 66.4. The van der Waals surface area contributed by atoms with Crippen LogP contribution in [0.4, 0.5) is 13.2 Å². The summed E-state index contributed by atoms with van der Waals surface area (Å²) in [6.07, 6.45) is -4.63. The van der Waals surface area contributed by atoms with E-state index in [9.17, 15) is 21.6 Å². The summed E-state index contributed by atoms with van der Waals surface area (Å²) in [5.41, 5.74) is 1.15. The zero-order chi connectivity index (χ0) is 17.7. The molecule has 1 fully saturated rings. The monoisotopic (exact) mass is 419 g/mol. The maximum Gasteiger partial charge on any atom is 0.407 e. The molecule has 2 aromatic rings. The zero-order valence-corrected chi connectivity index (χ0v) is 14.9. The quantitative estimate of drug-likeness (QED) is 0.689. The molecule has 3 nitrogen and oxygen atoms in total. The molecule has 1 heterocycles. The molecule has 0 saturated carbocycles. The molecule has 3 rings (SSSR count). The highest BCUT2D eigenvalue weighted by molar-refractivity contribution is 9.10. The van der Waals surface area contributed by atoms with Gasteiger partial charge in [-0.2, -0.15) is 17.5 Å². The third kappa shape index (κ3) is 3.10. The van der Waals surface area contributed by atoms with Crippen LogP contribution < -0.4 is 0 Å². The third-order valence-corrected chi connectivity index (χ3v) is 6.31. The molecule has 3 atom stereocenters. The van der Waals surface area contributed by atoms with Gasteiger partial charge in [0.05, 0.1) is 10.9 Å². The fraction of sp³-hybridized carbons (Fsp3) is 0.250. The molecule has 2 aromatic carbocycles. The third-order valence-electron chi connectivity index (χ3n) is 3.90. The first kappa shape index (κ1) is 17.4. The Kier molecular flexibility index (Phi) is 4.26. The topological polar surface area (TPSA) is 37.1 Å². The molecule has 0 N–H and O–H groups in total. The number of alkyl halides is 3. The van der Waals surface area contributed by atoms with Gasteiger partial charge in [0, 0.05) is 4.47 Å². The van der Waals surface area contributed by atoms with Crippen molar-refractivity contribution in [1.29, 1.82) is 0 Å². The normalized spacial score (nSPS) is 24.0. The molecule has 1 saturated heterocycles. The van der Waals surface area contributed by atoms with Crippen molar-refractivity contribution in [2.75, 3.05) is 0 Å². The lowest BCUT2D eigenvalue weighted by molar-refractivity contribution is -0.134. The zero-order valence-electron chi connectivity index (χ0n) is 12.5. The number of benzene rings is 2. The summed E-state index contributed by atoms with van der Waals surface area (Å²) in [6.45, 7) is 1.77. The summed E-state index contributed by atoms with van der Waals surface area (Å²) in [4.78, 5) is -0.137. The highest BCUT2D eigenvalue weighted by Gasteiger charge is 2.68. The van der Waals surface area contributed by atoms with Gasteiger partial charge in [-0.3, -0.25) is 0 Å². The molecule has 1 aliphatic rings. The maximum atomic E-state index is 13.3. The van der Waals surface area contributed by atoms with Gasteiger partial charge in [0.1, 0.15) is 6.04 Å². The van der Waals surface area contributed by atoms with Gasteiger partial charge in [-0.1, -0.05) is 45.8 Å². The highest BCUT2D eigenvalue weighted by Crippen LogP contribution is 2.54. The Morgan fingerprint density at radius 2 is 1.54 bits per heavy atom. The standard InChI is InChI=1S/C16H13BrF3NO2S/c1-10-2-8-13(9-3-10)24(22,23)21-14(15(21)16(18,19)20)11-4-6-12(17)7-5-11/h2-9,14-15H,1H3. The average Bonchev–Trinajstić information content (AvgIpc) is 3.25.